The van der Waals surface area contributed by atoms with Gasteiger partial charge in [-0.3, -0.25) is 0 Å². The molecule has 0 aromatic heterocycles. The van der Waals surface area contributed by atoms with Gasteiger partial charge >= 0.3 is 0 Å². The molecule has 0 saturated heterocycles. The molecule has 5 aliphatic rings. The molecular formula is C50H75Ga5Pd2. The molecule has 0 aliphatic heterocycles. The van der Waals surface area contributed by atoms with Crippen LogP contribution in [-0.4, -0.2) is 99.0 Å². The van der Waals surface area contributed by atoms with Crippen molar-refractivity contribution in [3.05, 3.63) is 148 Å². The van der Waals surface area contributed by atoms with Gasteiger partial charge in [-0.1, -0.05) is 173 Å². The molecule has 0 atom stereocenters. The summed E-state index contributed by atoms with van der Waals surface area (Å²) in [5, 5.41) is 0. The van der Waals surface area contributed by atoms with Crippen molar-refractivity contribution in [3.8, 4) is 0 Å². The Labute approximate surface area is 455 Å². The Balaban J connectivity index is -0.000000106. The largest absolute Gasteiger partial charge is 0.0579 e. The van der Waals surface area contributed by atoms with E-state index in [2.05, 4.69) is 173 Å². The minimum atomic E-state index is 0. The maximum Gasteiger partial charge on any atom is 0 e. The monoisotopic (exact) mass is 1230 g/mol. The smallest absolute Gasteiger partial charge is 0 e. The zero-order valence-corrected chi connectivity index (χ0v) is 56.2. The summed E-state index contributed by atoms with van der Waals surface area (Å²) >= 11 is 0. The van der Waals surface area contributed by atoms with Gasteiger partial charge in [0.2, 0.25) is 0 Å². The third-order valence-electron chi connectivity index (χ3n) is 14.1. The minimum absolute atomic E-state index is 0. The van der Waals surface area contributed by atoms with E-state index in [4.69, 9.17) is 0 Å². The van der Waals surface area contributed by atoms with Crippen molar-refractivity contribution < 1.29 is 40.8 Å². The molecule has 5 saturated carbocycles. The van der Waals surface area contributed by atoms with Crippen LogP contribution in [0.4, 0.5) is 0 Å². The second-order valence-electron chi connectivity index (χ2n) is 15.6. The first kappa shape index (κ1) is 75.8. The van der Waals surface area contributed by atoms with Crippen molar-refractivity contribution in [2.75, 3.05) is 0 Å². The molecule has 0 amide bonds. The summed E-state index contributed by atoms with van der Waals surface area (Å²) in [6.45, 7) is 55.0. The number of hydrogen-bond donors (Lipinski definition) is 0. The van der Waals surface area contributed by atoms with Gasteiger partial charge < -0.3 is 0 Å². The molecule has 0 aromatic rings. The van der Waals surface area contributed by atoms with Gasteiger partial charge in [0.25, 0.3) is 0 Å². The van der Waals surface area contributed by atoms with Gasteiger partial charge in [-0.25, -0.2) is 0 Å². The summed E-state index contributed by atoms with van der Waals surface area (Å²) in [6.07, 6.45) is 0. The Morgan fingerprint density at radius 3 is 0.140 bits per heavy atom. The van der Waals surface area contributed by atoms with Crippen LogP contribution in [0.1, 0.15) is 173 Å². The van der Waals surface area contributed by atoms with Crippen LogP contribution in [0.2, 0.25) is 0 Å². The summed E-state index contributed by atoms with van der Waals surface area (Å²) in [5.41, 5.74) is 0. The molecule has 0 unspecified atom stereocenters. The van der Waals surface area contributed by atoms with E-state index in [9.17, 15) is 0 Å². The van der Waals surface area contributed by atoms with Crippen LogP contribution >= 0.6 is 0 Å². The van der Waals surface area contributed by atoms with Crippen LogP contribution < -0.4 is 0 Å². The third-order valence-corrected chi connectivity index (χ3v) is 14.1. The van der Waals surface area contributed by atoms with Crippen molar-refractivity contribution in [2.24, 2.45) is 0 Å². The van der Waals surface area contributed by atoms with E-state index in [0.29, 0.717) is 0 Å². The van der Waals surface area contributed by atoms with Gasteiger partial charge in [-0.15, -0.1) is 0 Å². The van der Waals surface area contributed by atoms with Crippen LogP contribution in [0.25, 0.3) is 0 Å². The predicted molar refractivity (Wildman–Crippen MR) is 252 cm³/mol. The van der Waals surface area contributed by atoms with E-state index in [1.807, 2.05) is 0 Å². The van der Waals surface area contributed by atoms with E-state index < -0.39 is 0 Å². The number of rotatable bonds is 0. The van der Waals surface area contributed by atoms with Gasteiger partial charge in [0, 0.05) is 140 Å². The Kier molecular flexibility index (Phi) is 45.1. The van der Waals surface area contributed by atoms with Crippen molar-refractivity contribution >= 4 is 99.0 Å². The van der Waals surface area contributed by atoms with Crippen molar-refractivity contribution in [2.45, 2.75) is 173 Å². The summed E-state index contributed by atoms with van der Waals surface area (Å²) < 4.78 is 0. The standard InChI is InChI=1S/5C10H15.5Ga.2Pd/c5*1-6-7(2)9(4)10(5)8(6)3;;;;;;;/h5*1-5H3;;;;;;;. The van der Waals surface area contributed by atoms with Crippen LogP contribution in [0.5, 0.6) is 0 Å². The minimum Gasteiger partial charge on any atom is -0.0579 e. The third kappa shape index (κ3) is 19.0. The Morgan fingerprint density at radius 1 is 0.105 bits per heavy atom. The Hall–Kier alpha value is 4.51. The second kappa shape index (κ2) is 33.9. The molecule has 5 aliphatic carbocycles. The van der Waals surface area contributed by atoms with Crippen molar-refractivity contribution in [3.63, 3.8) is 0 Å². The molecule has 7 heteroatoms. The molecule has 0 N–H and O–H groups in total. The zero-order chi connectivity index (χ0) is 39.4. The van der Waals surface area contributed by atoms with Gasteiger partial charge in [0.15, 0.2) is 0 Å². The average molecular weight is 1240 g/mol. The fraction of sp³-hybridized carbons (Fsp3) is 0.500. The van der Waals surface area contributed by atoms with E-state index in [-0.39, 0.29) is 140 Å². The summed E-state index contributed by atoms with van der Waals surface area (Å²) in [7, 11) is 0. The molecular weight excluding hydrogens is 1160 g/mol. The zero-order valence-electron chi connectivity index (χ0n) is 41.0. The fourth-order valence-corrected chi connectivity index (χ4v) is 7.03. The van der Waals surface area contributed by atoms with Gasteiger partial charge in [0.1, 0.15) is 0 Å². The molecule has 0 aromatic carbocycles. The molecule has 310 valence electrons. The Morgan fingerprint density at radius 2 is 0.123 bits per heavy atom. The topological polar surface area (TPSA) is 0 Å². The maximum absolute atomic E-state index is 2.20. The van der Waals surface area contributed by atoms with E-state index in [0.717, 1.165) is 0 Å². The van der Waals surface area contributed by atoms with Crippen molar-refractivity contribution in [1.29, 1.82) is 0 Å². The molecule has 0 spiro atoms. The first-order valence-corrected chi connectivity index (χ1v) is 18.8. The second-order valence-corrected chi connectivity index (χ2v) is 15.6. The number of hydrogen-bond acceptors (Lipinski definition) is 0. The molecule has 0 heterocycles. The van der Waals surface area contributed by atoms with Crippen molar-refractivity contribution in [1.82, 2.24) is 0 Å². The molecule has 5 rings (SSSR count). The summed E-state index contributed by atoms with van der Waals surface area (Å²) in [4.78, 5) is 0. The van der Waals surface area contributed by atoms with Crippen LogP contribution in [0, 0.1) is 148 Å². The molecule has 57 heavy (non-hydrogen) atoms. The normalized spacial score (nSPS) is 25.0. The summed E-state index contributed by atoms with van der Waals surface area (Å²) in [6, 6.07) is 0. The van der Waals surface area contributed by atoms with Crippen LogP contribution in [0.15, 0.2) is 0 Å². The van der Waals surface area contributed by atoms with E-state index >= 15 is 0 Å². The molecule has 5 fully saturated rings. The van der Waals surface area contributed by atoms with Gasteiger partial charge in [-0.05, 0) is 148 Å². The van der Waals surface area contributed by atoms with Crippen LogP contribution in [-0.2, 0) is 40.8 Å². The molecule has 0 bridgehead atoms. The van der Waals surface area contributed by atoms with E-state index in [1.165, 1.54) is 148 Å². The molecule has 40 radical (unpaired) electrons. The predicted octanol–water partition coefficient (Wildman–Crippen LogP) is 13.0. The first-order chi connectivity index (χ1) is 22.8. The van der Waals surface area contributed by atoms with Gasteiger partial charge in [-0.2, -0.15) is 0 Å². The van der Waals surface area contributed by atoms with Gasteiger partial charge in [0.05, 0.1) is 0 Å². The SMILES string of the molecule is C[C]1[C](C)[C](C)[C](C)[C]1C.C[C]1[C](C)[C](C)[C](C)[C]1C.C[C]1[C](C)[C](C)[C](C)[C]1C.C[C]1[C](C)[C](C)[C](C)[C]1C.C[C]1[C](C)[C](C)[C](C)[C]1C.[Ga].[Ga].[Ga].[Ga].[Ga].[Pd].[Pd]. The van der Waals surface area contributed by atoms with Crippen LogP contribution in [0.3, 0.4) is 0 Å². The fourth-order valence-electron chi connectivity index (χ4n) is 7.03. The van der Waals surface area contributed by atoms with E-state index in [1.54, 1.807) is 0 Å². The average Bonchev–Trinajstić information content (AvgIpc) is 3.60. The molecule has 0 nitrogen and oxygen atoms in total. The summed E-state index contributed by atoms with van der Waals surface area (Å²) in [5.74, 6) is 36.7. The first-order valence-electron chi connectivity index (χ1n) is 18.8. The quantitative estimate of drug-likeness (QED) is 0.212. The Bertz CT molecular complexity index is 573. The maximum atomic E-state index is 2.20.